The Hall–Kier alpha value is -1.34. The number of hydrogen-bond donors (Lipinski definition) is 3. The summed E-state index contributed by atoms with van der Waals surface area (Å²) in [6.45, 7) is 3.57. The van der Waals surface area contributed by atoms with Crippen LogP contribution in [0.2, 0.25) is 0 Å². The van der Waals surface area contributed by atoms with Crippen molar-refractivity contribution in [2.45, 2.75) is 31.9 Å². The first-order valence-electron chi connectivity index (χ1n) is 6.09. The minimum Gasteiger partial charge on any atom is -0.480 e. The van der Waals surface area contributed by atoms with E-state index < -0.39 is 24.1 Å². The number of carboxylic acid groups (broad SMARTS) is 1. The Kier molecular flexibility index (Phi) is 5.87. The first-order chi connectivity index (χ1) is 8.56. The molecule has 1 aliphatic heterocycles. The summed E-state index contributed by atoms with van der Waals surface area (Å²) in [4.78, 5) is 23.8. The maximum atomic E-state index is 11.7. The van der Waals surface area contributed by atoms with Crippen molar-refractivity contribution in [2.24, 2.45) is 0 Å². The molecule has 1 aliphatic rings. The van der Waals surface area contributed by atoms with Crippen molar-refractivity contribution in [3.8, 4) is 0 Å². The summed E-state index contributed by atoms with van der Waals surface area (Å²) in [5.74, 6) is -1.09. The molecule has 1 fully saturated rings. The molecule has 1 saturated heterocycles. The number of carboxylic acids is 1. The second-order valence-electron chi connectivity index (χ2n) is 4.18. The van der Waals surface area contributed by atoms with Gasteiger partial charge in [0.15, 0.2) is 0 Å². The molecule has 104 valence electrons. The van der Waals surface area contributed by atoms with E-state index in [0.29, 0.717) is 26.2 Å². The van der Waals surface area contributed by atoms with Crippen LogP contribution in [-0.2, 0) is 9.53 Å². The van der Waals surface area contributed by atoms with Crippen LogP contribution in [0.25, 0.3) is 0 Å². The predicted molar refractivity (Wildman–Crippen MR) is 63.3 cm³/mol. The van der Waals surface area contributed by atoms with E-state index in [1.807, 2.05) is 6.92 Å². The quantitative estimate of drug-likeness (QED) is 0.566. The van der Waals surface area contributed by atoms with Crippen molar-refractivity contribution in [1.82, 2.24) is 10.2 Å². The van der Waals surface area contributed by atoms with E-state index in [2.05, 4.69) is 5.32 Å². The first kappa shape index (κ1) is 14.7. The van der Waals surface area contributed by atoms with Crippen LogP contribution < -0.4 is 5.32 Å². The number of aliphatic carboxylic acids is 1. The molecule has 2 atom stereocenters. The van der Waals surface area contributed by atoms with Crippen molar-refractivity contribution >= 4 is 12.0 Å². The summed E-state index contributed by atoms with van der Waals surface area (Å²) in [5.41, 5.74) is 0. The average molecular weight is 260 g/mol. The highest BCUT2D eigenvalue weighted by Gasteiger charge is 2.38. The molecule has 1 rings (SSSR count). The van der Waals surface area contributed by atoms with Crippen molar-refractivity contribution in [2.75, 3.05) is 26.3 Å². The Morgan fingerprint density at radius 1 is 1.50 bits per heavy atom. The van der Waals surface area contributed by atoms with Gasteiger partial charge in [0.1, 0.15) is 6.04 Å². The van der Waals surface area contributed by atoms with Gasteiger partial charge in [-0.05, 0) is 13.3 Å². The molecule has 0 aromatic carbocycles. The van der Waals surface area contributed by atoms with E-state index in [-0.39, 0.29) is 13.0 Å². The van der Waals surface area contributed by atoms with Gasteiger partial charge in [0.2, 0.25) is 0 Å². The van der Waals surface area contributed by atoms with Crippen molar-refractivity contribution in [3.05, 3.63) is 0 Å². The van der Waals surface area contributed by atoms with Gasteiger partial charge in [-0.15, -0.1) is 0 Å². The number of ether oxygens (including phenoxy) is 1. The molecule has 18 heavy (non-hydrogen) atoms. The molecular weight excluding hydrogens is 240 g/mol. The van der Waals surface area contributed by atoms with Crippen molar-refractivity contribution < 1.29 is 24.5 Å². The summed E-state index contributed by atoms with van der Waals surface area (Å²) in [6, 6.07) is -1.39. The van der Waals surface area contributed by atoms with Crippen LogP contribution in [-0.4, -0.2) is 65.6 Å². The van der Waals surface area contributed by atoms with Gasteiger partial charge in [0, 0.05) is 32.7 Å². The second-order valence-corrected chi connectivity index (χ2v) is 4.18. The molecule has 1 heterocycles. The predicted octanol–water partition coefficient (Wildman–Crippen LogP) is -0.358. The highest BCUT2D eigenvalue weighted by atomic mass is 16.5. The standard InChI is InChI=1S/C11H20N2O5/c1-2-18-5-3-4-12-11(17)13-7-8(14)6-9(13)10(15)16/h8-9,14H,2-7H2,1H3,(H,12,17)(H,15,16)/t8-,9+/m1/s1. The fraction of sp³-hybridized carbons (Fsp3) is 0.818. The molecule has 0 aromatic rings. The zero-order valence-corrected chi connectivity index (χ0v) is 10.5. The maximum absolute atomic E-state index is 11.7. The van der Waals surface area contributed by atoms with Gasteiger partial charge in [-0.2, -0.15) is 0 Å². The lowest BCUT2D eigenvalue weighted by molar-refractivity contribution is -0.141. The second kappa shape index (κ2) is 7.17. The van der Waals surface area contributed by atoms with E-state index >= 15 is 0 Å². The number of carbonyl (C=O) groups is 2. The lowest BCUT2D eigenvalue weighted by Crippen LogP contribution is -2.46. The zero-order valence-electron chi connectivity index (χ0n) is 10.5. The van der Waals surface area contributed by atoms with Crippen molar-refractivity contribution in [1.29, 1.82) is 0 Å². The van der Waals surface area contributed by atoms with Crippen LogP contribution in [0.1, 0.15) is 19.8 Å². The zero-order chi connectivity index (χ0) is 13.5. The molecule has 0 bridgehead atoms. The summed E-state index contributed by atoms with van der Waals surface area (Å²) < 4.78 is 5.12. The summed E-state index contributed by atoms with van der Waals surface area (Å²) in [7, 11) is 0. The number of carbonyl (C=O) groups excluding carboxylic acids is 1. The molecule has 0 radical (unpaired) electrons. The molecule has 7 nitrogen and oxygen atoms in total. The molecule has 0 aromatic heterocycles. The number of nitrogens with one attached hydrogen (secondary N) is 1. The largest absolute Gasteiger partial charge is 0.480 e. The molecule has 3 N–H and O–H groups in total. The van der Waals surface area contributed by atoms with Gasteiger partial charge in [0.05, 0.1) is 6.10 Å². The highest BCUT2D eigenvalue weighted by Crippen LogP contribution is 2.17. The summed E-state index contributed by atoms with van der Waals surface area (Å²) in [5, 5.41) is 21.0. The molecule has 0 aliphatic carbocycles. The number of nitrogens with zero attached hydrogens (tertiary/aromatic N) is 1. The minimum atomic E-state index is -1.09. The van der Waals surface area contributed by atoms with Crippen LogP contribution in [0.5, 0.6) is 0 Å². The minimum absolute atomic E-state index is 0.0638. The summed E-state index contributed by atoms with van der Waals surface area (Å²) in [6.07, 6.45) is -0.00430. The number of aliphatic hydroxyl groups is 1. The number of likely N-dealkylation sites (tertiary alicyclic amines) is 1. The Labute approximate surface area is 106 Å². The Balaban J connectivity index is 2.33. The molecule has 0 spiro atoms. The van der Waals surface area contributed by atoms with Crippen LogP contribution in [0.15, 0.2) is 0 Å². The normalized spacial score (nSPS) is 23.1. The maximum Gasteiger partial charge on any atom is 0.326 e. The number of β-amino-alcohol motifs (C(OH)–C–C–N with tert-alkyl or cyclic N) is 1. The van der Waals surface area contributed by atoms with Gasteiger partial charge in [-0.25, -0.2) is 9.59 Å². The average Bonchev–Trinajstić information content (AvgIpc) is 2.71. The topological polar surface area (TPSA) is 99.1 Å². The highest BCUT2D eigenvalue weighted by molar-refractivity contribution is 5.83. The Bertz CT molecular complexity index is 297. The lowest BCUT2D eigenvalue weighted by Gasteiger charge is -2.21. The van der Waals surface area contributed by atoms with E-state index in [1.165, 1.54) is 0 Å². The van der Waals surface area contributed by atoms with Crippen molar-refractivity contribution in [3.63, 3.8) is 0 Å². The smallest absolute Gasteiger partial charge is 0.326 e. The van der Waals surface area contributed by atoms with E-state index in [4.69, 9.17) is 9.84 Å². The number of rotatable bonds is 6. The number of urea groups is 1. The first-order valence-corrected chi connectivity index (χ1v) is 6.09. The van der Waals surface area contributed by atoms with E-state index in [0.717, 1.165) is 4.90 Å². The number of amides is 2. The lowest BCUT2D eigenvalue weighted by atomic mass is 10.2. The fourth-order valence-electron chi connectivity index (χ4n) is 1.89. The molecule has 7 heteroatoms. The van der Waals surface area contributed by atoms with Gasteiger partial charge in [-0.1, -0.05) is 0 Å². The van der Waals surface area contributed by atoms with Crippen LogP contribution in [0, 0.1) is 0 Å². The molecule has 0 unspecified atom stereocenters. The van der Waals surface area contributed by atoms with Crippen LogP contribution in [0.4, 0.5) is 4.79 Å². The monoisotopic (exact) mass is 260 g/mol. The number of aliphatic hydroxyl groups excluding tert-OH is 1. The van der Waals surface area contributed by atoms with Gasteiger partial charge < -0.3 is 25.2 Å². The van der Waals surface area contributed by atoms with E-state index in [9.17, 15) is 14.7 Å². The Morgan fingerprint density at radius 3 is 2.83 bits per heavy atom. The van der Waals surface area contributed by atoms with Crippen LogP contribution >= 0.6 is 0 Å². The molecule has 0 saturated carbocycles. The third-order valence-electron chi connectivity index (χ3n) is 2.77. The molecular formula is C11H20N2O5. The fourth-order valence-corrected chi connectivity index (χ4v) is 1.89. The third kappa shape index (κ3) is 4.15. The summed E-state index contributed by atoms with van der Waals surface area (Å²) >= 11 is 0. The number of hydrogen-bond acceptors (Lipinski definition) is 4. The van der Waals surface area contributed by atoms with Gasteiger partial charge >= 0.3 is 12.0 Å². The third-order valence-corrected chi connectivity index (χ3v) is 2.77. The van der Waals surface area contributed by atoms with E-state index in [1.54, 1.807) is 0 Å². The molecule has 2 amide bonds. The van der Waals surface area contributed by atoms with Gasteiger partial charge in [0.25, 0.3) is 0 Å². The SMILES string of the molecule is CCOCCCNC(=O)N1C[C@H](O)C[C@H]1C(=O)O. The van der Waals surface area contributed by atoms with Crippen LogP contribution in [0.3, 0.4) is 0 Å². The Morgan fingerprint density at radius 2 is 2.22 bits per heavy atom. The van der Waals surface area contributed by atoms with Gasteiger partial charge in [-0.3, -0.25) is 0 Å².